The molecule has 2 heterocycles. The third kappa shape index (κ3) is 4.58. The van der Waals surface area contributed by atoms with Crippen LogP contribution >= 0.6 is 0 Å². The van der Waals surface area contributed by atoms with E-state index in [4.69, 9.17) is 4.74 Å². The van der Waals surface area contributed by atoms with Gasteiger partial charge in [-0.15, -0.1) is 0 Å². The lowest BCUT2D eigenvalue weighted by atomic mass is 10.0. The molecule has 158 valence electrons. The number of amides is 1. The number of nitrogens with zero attached hydrogens (tertiary/aromatic N) is 2. The van der Waals surface area contributed by atoms with Crippen molar-refractivity contribution in [2.24, 2.45) is 0 Å². The predicted molar refractivity (Wildman–Crippen MR) is 119 cm³/mol. The van der Waals surface area contributed by atoms with Crippen LogP contribution in [0.25, 0.3) is 0 Å². The lowest BCUT2D eigenvalue weighted by Crippen LogP contribution is -2.28. The zero-order valence-electron chi connectivity index (χ0n) is 17.5. The Morgan fingerprint density at radius 3 is 2.58 bits per heavy atom. The monoisotopic (exact) mass is 415 g/mol. The van der Waals surface area contributed by atoms with Crippen LogP contribution in [0, 0.1) is 0 Å². The van der Waals surface area contributed by atoms with Gasteiger partial charge in [-0.3, -0.25) is 4.79 Å². The maximum atomic E-state index is 13.0. The molecule has 1 N–H and O–H groups in total. The summed E-state index contributed by atoms with van der Waals surface area (Å²) in [7, 11) is 1.35. The average molecular weight is 415 g/mol. The Hall–Kier alpha value is -3.67. The van der Waals surface area contributed by atoms with Gasteiger partial charge in [0.2, 0.25) is 0 Å². The van der Waals surface area contributed by atoms with E-state index in [1.807, 2.05) is 41.3 Å². The number of carbonyl (C=O) groups is 2. The SMILES string of the molecule is COC(=O)c1ccc(NCCCC2c3ccccc3C(=O)N2Cc2ccccc2)nc1. The number of anilines is 1. The number of nitrogens with one attached hydrogen (secondary N) is 1. The van der Waals surface area contributed by atoms with Crippen LogP contribution in [0.4, 0.5) is 5.82 Å². The van der Waals surface area contributed by atoms with Crippen LogP contribution < -0.4 is 5.32 Å². The molecule has 4 rings (SSSR count). The van der Waals surface area contributed by atoms with Gasteiger partial charge < -0.3 is 15.0 Å². The van der Waals surface area contributed by atoms with Crippen LogP contribution in [0.1, 0.15) is 50.7 Å². The number of rotatable bonds is 8. The minimum atomic E-state index is -0.401. The van der Waals surface area contributed by atoms with Crippen molar-refractivity contribution in [3.8, 4) is 0 Å². The maximum absolute atomic E-state index is 13.0. The molecule has 0 saturated carbocycles. The molecule has 0 fully saturated rings. The van der Waals surface area contributed by atoms with Gasteiger partial charge in [-0.25, -0.2) is 9.78 Å². The molecule has 1 aromatic heterocycles. The van der Waals surface area contributed by atoms with Crippen molar-refractivity contribution in [1.29, 1.82) is 0 Å². The Bertz CT molecular complexity index is 1050. The number of fused-ring (bicyclic) bond motifs is 1. The number of pyridine rings is 1. The fourth-order valence-corrected chi connectivity index (χ4v) is 3.97. The lowest BCUT2D eigenvalue weighted by Gasteiger charge is -2.26. The molecular formula is C25H25N3O3. The van der Waals surface area contributed by atoms with Gasteiger partial charge in [0, 0.05) is 24.8 Å². The molecule has 1 aliphatic heterocycles. The molecule has 0 aliphatic carbocycles. The molecule has 1 aliphatic rings. The lowest BCUT2D eigenvalue weighted by molar-refractivity contribution is 0.0599. The van der Waals surface area contributed by atoms with E-state index >= 15 is 0 Å². The molecule has 1 atom stereocenters. The molecule has 0 saturated heterocycles. The number of aromatic nitrogens is 1. The van der Waals surface area contributed by atoms with E-state index in [9.17, 15) is 9.59 Å². The molecule has 6 nitrogen and oxygen atoms in total. The van der Waals surface area contributed by atoms with Crippen LogP contribution in [-0.4, -0.2) is 35.4 Å². The Kier molecular flexibility index (Phi) is 6.26. The predicted octanol–water partition coefficient (Wildman–Crippen LogP) is 4.46. The van der Waals surface area contributed by atoms with E-state index in [2.05, 4.69) is 28.5 Å². The van der Waals surface area contributed by atoms with Crippen LogP contribution in [0.3, 0.4) is 0 Å². The largest absolute Gasteiger partial charge is 0.465 e. The Morgan fingerprint density at radius 1 is 1.06 bits per heavy atom. The normalized spacial score (nSPS) is 14.9. The molecule has 0 bridgehead atoms. The molecule has 31 heavy (non-hydrogen) atoms. The van der Waals surface area contributed by atoms with E-state index in [1.54, 1.807) is 12.1 Å². The van der Waals surface area contributed by atoms with Gasteiger partial charge in [0.15, 0.2) is 0 Å². The number of hydrogen-bond acceptors (Lipinski definition) is 5. The molecule has 0 spiro atoms. The summed E-state index contributed by atoms with van der Waals surface area (Å²) in [5.41, 5.74) is 3.45. The smallest absolute Gasteiger partial charge is 0.339 e. The molecule has 1 unspecified atom stereocenters. The molecular weight excluding hydrogens is 390 g/mol. The second-order valence-corrected chi connectivity index (χ2v) is 7.51. The van der Waals surface area contributed by atoms with Crippen molar-refractivity contribution in [3.63, 3.8) is 0 Å². The van der Waals surface area contributed by atoms with E-state index in [1.165, 1.54) is 13.3 Å². The first-order valence-electron chi connectivity index (χ1n) is 10.4. The van der Waals surface area contributed by atoms with Gasteiger partial charge in [0.05, 0.1) is 18.7 Å². The average Bonchev–Trinajstić information content (AvgIpc) is 3.08. The third-order valence-electron chi connectivity index (χ3n) is 5.53. The first-order valence-corrected chi connectivity index (χ1v) is 10.4. The first-order chi connectivity index (χ1) is 15.2. The van der Waals surface area contributed by atoms with Crippen LogP contribution in [0.2, 0.25) is 0 Å². The van der Waals surface area contributed by atoms with Gasteiger partial charge in [0.25, 0.3) is 5.91 Å². The van der Waals surface area contributed by atoms with Crippen LogP contribution in [-0.2, 0) is 11.3 Å². The molecule has 6 heteroatoms. The Morgan fingerprint density at radius 2 is 1.84 bits per heavy atom. The number of benzene rings is 2. The van der Waals surface area contributed by atoms with Crippen molar-refractivity contribution in [2.75, 3.05) is 19.0 Å². The maximum Gasteiger partial charge on any atom is 0.339 e. The van der Waals surface area contributed by atoms with Crippen molar-refractivity contribution in [3.05, 3.63) is 95.2 Å². The standard InChI is InChI=1S/C25H25N3O3/c1-31-25(30)19-13-14-23(27-16-19)26-15-7-12-22-20-10-5-6-11-21(20)24(29)28(22)17-18-8-3-2-4-9-18/h2-6,8-11,13-14,16,22H,7,12,15,17H2,1H3,(H,26,27). The Labute approximate surface area is 181 Å². The minimum absolute atomic E-state index is 0.0559. The zero-order chi connectivity index (χ0) is 21.6. The van der Waals surface area contributed by atoms with Crippen molar-refractivity contribution in [1.82, 2.24) is 9.88 Å². The summed E-state index contributed by atoms with van der Waals surface area (Å²) in [6.07, 6.45) is 3.22. The van der Waals surface area contributed by atoms with Crippen LogP contribution in [0.5, 0.6) is 0 Å². The van der Waals surface area contributed by atoms with Gasteiger partial charge >= 0.3 is 5.97 Å². The highest BCUT2D eigenvalue weighted by Gasteiger charge is 2.35. The summed E-state index contributed by atoms with van der Waals surface area (Å²) in [5, 5.41) is 3.29. The molecule has 1 amide bonds. The summed E-state index contributed by atoms with van der Waals surface area (Å²) in [5.74, 6) is 0.399. The summed E-state index contributed by atoms with van der Waals surface area (Å²) < 4.78 is 4.69. The van der Waals surface area contributed by atoms with Crippen molar-refractivity contribution < 1.29 is 14.3 Å². The quantitative estimate of drug-likeness (QED) is 0.435. The second-order valence-electron chi connectivity index (χ2n) is 7.51. The fourth-order valence-electron chi connectivity index (χ4n) is 3.97. The van der Waals surface area contributed by atoms with Gasteiger partial charge in [-0.05, 0) is 42.2 Å². The highest BCUT2D eigenvalue weighted by atomic mass is 16.5. The highest BCUT2D eigenvalue weighted by Crippen LogP contribution is 2.37. The minimum Gasteiger partial charge on any atom is -0.465 e. The molecule has 0 radical (unpaired) electrons. The summed E-state index contributed by atoms with van der Waals surface area (Å²) in [6, 6.07) is 21.5. The number of ether oxygens (including phenoxy) is 1. The third-order valence-corrected chi connectivity index (χ3v) is 5.53. The van der Waals surface area contributed by atoms with Crippen molar-refractivity contribution in [2.45, 2.75) is 25.4 Å². The van der Waals surface area contributed by atoms with E-state index < -0.39 is 5.97 Å². The molecule has 3 aromatic rings. The van der Waals surface area contributed by atoms with Gasteiger partial charge in [-0.2, -0.15) is 0 Å². The summed E-state index contributed by atoms with van der Waals surface area (Å²) in [6.45, 7) is 1.32. The van der Waals surface area contributed by atoms with E-state index in [-0.39, 0.29) is 11.9 Å². The highest BCUT2D eigenvalue weighted by molar-refractivity contribution is 5.99. The van der Waals surface area contributed by atoms with Crippen LogP contribution in [0.15, 0.2) is 72.9 Å². The topological polar surface area (TPSA) is 71.5 Å². The first kappa shape index (κ1) is 20.6. The second kappa shape index (κ2) is 9.43. The van der Waals surface area contributed by atoms with Gasteiger partial charge in [-0.1, -0.05) is 48.5 Å². The van der Waals surface area contributed by atoms with E-state index in [0.717, 1.165) is 36.1 Å². The van der Waals surface area contributed by atoms with Crippen molar-refractivity contribution >= 4 is 17.7 Å². The fraction of sp³-hybridized carbons (Fsp3) is 0.240. The number of carbonyl (C=O) groups excluding carboxylic acids is 2. The zero-order valence-corrected chi connectivity index (χ0v) is 17.5. The Balaban J connectivity index is 1.39. The number of esters is 1. The van der Waals surface area contributed by atoms with E-state index in [0.29, 0.717) is 17.9 Å². The summed E-state index contributed by atoms with van der Waals surface area (Å²) >= 11 is 0. The molecule has 2 aromatic carbocycles. The van der Waals surface area contributed by atoms with Gasteiger partial charge in [0.1, 0.15) is 5.82 Å². The number of methoxy groups -OCH3 is 1. The number of hydrogen-bond donors (Lipinski definition) is 1. The summed E-state index contributed by atoms with van der Waals surface area (Å²) in [4.78, 5) is 30.8.